The number of halogens is 2. The predicted octanol–water partition coefficient (Wildman–Crippen LogP) is 4.20. The highest BCUT2D eigenvalue weighted by atomic mass is 35.5. The minimum atomic E-state index is -0.598. The molecule has 5 nitrogen and oxygen atoms in total. The number of hydrogen-bond acceptors (Lipinski definition) is 4. The monoisotopic (exact) mass is 310 g/mol. The summed E-state index contributed by atoms with van der Waals surface area (Å²) in [5.41, 5.74) is 5.73. The van der Waals surface area contributed by atoms with Crippen molar-refractivity contribution in [2.45, 2.75) is 13.0 Å². The van der Waals surface area contributed by atoms with Gasteiger partial charge in [-0.1, -0.05) is 17.7 Å². The first-order valence-corrected chi connectivity index (χ1v) is 6.43. The van der Waals surface area contributed by atoms with E-state index in [1.165, 1.54) is 36.4 Å². The Kier molecular flexibility index (Phi) is 4.40. The second-order valence-electron chi connectivity index (χ2n) is 4.41. The molecule has 0 saturated heterocycles. The van der Waals surface area contributed by atoms with Gasteiger partial charge >= 0.3 is 0 Å². The first kappa shape index (κ1) is 15.2. The molecule has 0 aliphatic rings. The van der Waals surface area contributed by atoms with Crippen molar-refractivity contribution in [3.05, 3.63) is 62.9 Å². The summed E-state index contributed by atoms with van der Waals surface area (Å²) in [4.78, 5) is 10.2. The molecule has 0 amide bonds. The zero-order valence-electron chi connectivity index (χ0n) is 11.0. The summed E-state index contributed by atoms with van der Waals surface area (Å²) in [6.45, 7) is 1.61. The van der Waals surface area contributed by atoms with E-state index in [1.807, 2.05) is 0 Å². The summed E-state index contributed by atoms with van der Waals surface area (Å²) in [5.74, 6) is -0.269. The highest BCUT2D eigenvalue weighted by Crippen LogP contribution is 2.36. The largest absolute Gasteiger partial charge is 0.455 e. The number of nitrogens with zero attached hydrogens (tertiary/aromatic N) is 1. The third-order valence-electron chi connectivity index (χ3n) is 2.81. The molecule has 0 radical (unpaired) electrons. The smallest absolute Gasteiger partial charge is 0.273 e. The Bertz CT molecular complexity index is 692. The molecule has 0 aliphatic heterocycles. The van der Waals surface area contributed by atoms with Gasteiger partial charge in [-0.2, -0.15) is 0 Å². The van der Waals surface area contributed by atoms with Crippen LogP contribution in [-0.2, 0) is 0 Å². The summed E-state index contributed by atoms with van der Waals surface area (Å²) in [6.07, 6.45) is 0. The zero-order valence-corrected chi connectivity index (χ0v) is 11.8. The number of nitro groups is 1. The average Bonchev–Trinajstić information content (AvgIpc) is 2.40. The van der Waals surface area contributed by atoms with Crippen LogP contribution in [0, 0.1) is 15.9 Å². The number of hydrogen-bond donors (Lipinski definition) is 1. The van der Waals surface area contributed by atoms with Gasteiger partial charge in [-0.25, -0.2) is 4.39 Å². The fraction of sp³-hybridized carbons (Fsp3) is 0.143. The Balaban J connectivity index is 2.45. The van der Waals surface area contributed by atoms with Crippen molar-refractivity contribution in [2.24, 2.45) is 5.73 Å². The fourth-order valence-electron chi connectivity index (χ4n) is 1.85. The Morgan fingerprint density at radius 3 is 2.67 bits per heavy atom. The lowest BCUT2D eigenvalue weighted by Gasteiger charge is -2.15. The van der Waals surface area contributed by atoms with Crippen LogP contribution in [0.1, 0.15) is 18.5 Å². The summed E-state index contributed by atoms with van der Waals surface area (Å²) in [5, 5.41) is 11.0. The first-order valence-electron chi connectivity index (χ1n) is 6.06. The van der Waals surface area contributed by atoms with Gasteiger partial charge in [0.15, 0.2) is 5.75 Å². The van der Waals surface area contributed by atoms with Gasteiger partial charge in [-0.05, 0) is 25.1 Å². The highest BCUT2D eigenvalue weighted by Gasteiger charge is 2.17. The van der Waals surface area contributed by atoms with Crippen LogP contribution in [0.25, 0.3) is 0 Å². The second kappa shape index (κ2) is 6.07. The topological polar surface area (TPSA) is 78.4 Å². The molecule has 2 aromatic carbocycles. The van der Waals surface area contributed by atoms with Gasteiger partial charge < -0.3 is 10.5 Å². The minimum Gasteiger partial charge on any atom is -0.455 e. The summed E-state index contributed by atoms with van der Waals surface area (Å²) < 4.78 is 19.3. The van der Waals surface area contributed by atoms with Crippen molar-refractivity contribution in [1.29, 1.82) is 0 Å². The summed E-state index contributed by atoms with van der Waals surface area (Å²) >= 11 is 5.95. The van der Waals surface area contributed by atoms with Crippen LogP contribution in [-0.4, -0.2) is 4.92 Å². The molecule has 2 rings (SSSR count). The minimum absolute atomic E-state index is 0.0679. The SMILES string of the molecule is CC(N)c1c(F)cccc1Oc1cc([N+](=O)[O-])ccc1Cl. The van der Waals surface area contributed by atoms with Crippen molar-refractivity contribution in [1.82, 2.24) is 0 Å². The number of rotatable bonds is 4. The first-order chi connectivity index (χ1) is 9.90. The molecule has 1 atom stereocenters. The van der Waals surface area contributed by atoms with E-state index < -0.39 is 16.8 Å². The van der Waals surface area contributed by atoms with Gasteiger partial charge in [-0.3, -0.25) is 10.1 Å². The van der Waals surface area contributed by atoms with Crippen LogP contribution in [0.3, 0.4) is 0 Å². The molecule has 2 N–H and O–H groups in total. The lowest BCUT2D eigenvalue weighted by molar-refractivity contribution is -0.384. The Hall–Kier alpha value is -2.18. The predicted molar refractivity (Wildman–Crippen MR) is 77.2 cm³/mol. The van der Waals surface area contributed by atoms with Crippen molar-refractivity contribution in [2.75, 3.05) is 0 Å². The number of non-ortho nitro benzene ring substituents is 1. The van der Waals surface area contributed by atoms with E-state index in [0.29, 0.717) is 0 Å². The average molecular weight is 311 g/mol. The molecule has 21 heavy (non-hydrogen) atoms. The maximum atomic E-state index is 13.8. The van der Waals surface area contributed by atoms with Crippen LogP contribution >= 0.6 is 11.6 Å². The van der Waals surface area contributed by atoms with Crippen molar-refractivity contribution in [3.63, 3.8) is 0 Å². The van der Waals surface area contributed by atoms with Crippen LogP contribution in [0.4, 0.5) is 10.1 Å². The Labute approximate surface area is 125 Å². The lowest BCUT2D eigenvalue weighted by atomic mass is 10.1. The standard InChI is InChI=1S/C14H12ClFN2O3/c1-8(17)14-11(16)3-2-4-12(14)21-13-7-9(18(19)20)5-6-10(13)15/h2-8H,17H2,1H3. The van der Waals surface area contributed by atoms with Gasteiger partial charge in [0, 0.05) is 17.7 Å². The number of nitrogens with two attached hydrogens (primary N) is 1. The molecule has 7 heteroatoms. The maximum absolute atomic E-state index is 13.8. The summed E-state index contributed by atoms with van der Waals surface area (Å²) in [7, 11) is 0. The molecule has 0 saturated carbocycles. The van der Waals surface area contributed by atoms with Gasteiger partial charge in [-0.15, -0.1) is 0 Å². The molecular formula is C14H12ClFN2O3. The fourth-order valence-corrected chi connectivity index (χ4v) is 2.01. The molecule has 1 unspecified atom stereocenters. The number of benzene rings is 2. The number of ether oxygens (including phenoxy) is 1. The molecule has 2 aromatic rings. The van der Waals surface area contributed by atoms with Crippen LogP contribution in [0.2, 0.25) is 5.02 Å². The normalized spacial score (nSPS) is 12.0. The van der Waals surface area contributed by atoms with E-state index in [2.05, 4.69) is 0 Å². The van der Waals surface area contributed by atoms with Crippen molar-refractivity contribution in [3.8, 4) is 11.5 Å². The van der Waals surface area contributed by atoms with Gasteiger partial charge in [0.25, 0.3) is 5.69 Å². The molecule has 110 valence electrons. The zero-order chi connectivity index (χ0) is 15.6. The quantitative estimate of drug-likeness (QED) is 0.678. The summed E-state index contributed by atoms with van der Waals surface area (Å²) in [6, 6.07) is 7.43. The highest BCUT2D eigenvalue weighted by molar-refractivity contribution is 6.32. The second-order valence-corrected chi connectivity index (χ2v) is 4.82. The van der Waals surface area contributed by atoms with E-state index in [1.54, 1.807) is 6.92 Å². The van der Waals surface area contributed by atoms with E-state index in [0.717, 1.165) is 0 Å². The third-order valence-corrected chi connectivity index (χ3v) is 3.13. The van der Waals surface area contributed by atoms with Crippen LogP contribution in [0.5, 0.6) is 11.5 Å². The molecule has 0 heterocycles. The van der Waals surface area contributed by atoms with E-state index >= 15 is 0 Å². The van der Waals surface area contributed by atoms with Crippen LogP contribution in [0.15, 0.2) is 36.4 Å². The molecule has 0 aliphatic carbocycles. The Morgan fingerprint density at radius 2 is 2.05 bits per heavy atom. The molecular weight excluding hydrogens is 299 g/mol. The van der Waals surface area contributed by atoms with Gasteiger partial charge in [0.05, 0.1) is 16.0 Å². The number of nitro benzene ring substituents is 1. The molecule has 0 bridgehead atoms. The Morgan fingerprint density at radius 1 is 1.33 bits per heavy atom. The third kappa shape index (κ3) is 3.29. The van der Waals surface area contributed by atoms with Gasteiger partial charge in [0.2, 0.25) is 0 Å². The lowest BCUT2D eigenvalue weighted by Crippen LogP contribution is -2.09. The van der Waals surface area contributed by atoms with E-state index in [-0.39, 0.29) is 27.8 Å². The van der Waals surface area contributed by atoms with Crippen LogP contribution < -0.4 is 10.5 Å². The van der Waals surface area contributed by atoms with Crippen molar-refractivity contribution < 1.29 is 14.1 Å². The van der Waals surface area contributed by atoms with Gasteiger partial charge in [0.1, 0.15) is 11.6 Å². The molecule has 0 fully saturated rings. The van der Waals surface area contributed by atoms with Crippen molar-refractivity contribution >= 4 is 17.3 Å². The maximum Gasteiger partial charge on any atom is 0.273 e. The molecule has 0 aromatic heterocycles. The van der Waals surface area contributed by atoms with E-state index in [4.69, 9.17) is 22.1 Å². The molecule has 0 spiro atoms. The van der Waals surface area contributed by atoms with E-state index in [9.17, 15) is 14.5 Å².